The maximum absolute atomic E-state index is 8.79. The molecule has 2 nitrogen and oxygen atoms in total. The summed E-state index contributed by atoms with van der Waals surface area (Å²) in [6.45, 7) is 2.38. The van der Waals surface area contributed by atoms with E-state index in [2.05, 4.69) is 18.8 Å². The molecule has 108 valence electrons. The van der Waals surface area contributed by atoms with Gasteiger partial charge < -0.3 is 9.84 Å². The van der Waals surface area contributed by atoms with Crippen LogP contribution in [0.15, 0.2) is 24.3 Å². The number of rotatable bonds is 4. The lowest BCUT2D eigenvalue weighted by Crippen LogP contribution is -2.24. The molecule has 0 bridgehead atoms. The largest absolute Gasteiger partial charge is 0.489 e. The van der Waals surface area contributed by atoms with E-state index in [-0.39, 0.29) is 6.61 Å². The van der Waals surface area contributed by atoms with Gasteiger partial charge in [-0.2, -0.15) is 0 Å². The standard InChI is InChI=1S/C18H24O2/c1-2-15-10-12-17(13-11-15)20-18-9-4-3-7-16(18)8-5-6-14-19/h3-4,7,9,15,17,19H,2,6,10-14H2,1H3. The highest BCUT2D eigenvalue weighted by molar-refractivity contribution is 5.46. The maximum Gasteiger partial charge on any atom is 0.135 e. The van der Waals surface area contributed by atoms with Gasteiger partial charge in [0.15, 0.2) is 0 Å². The van der Waals surface area contributed by atoms with E-state index in [0.717, 1.165) is 30.1 Å². The van der Waals surface area contributed by atoms with Crippen LogP contribution in [0.1, 0.15) is 51.0 Å². The fourth-order valence-corrected chi connectivity index (χ4v) is 2.72. The van der Waals surface area contributed by atoms with E-state index in [9.17, 15) is 0 Å². The molecule has 0 aromatic heterocycles. The Balaban J connectivity index is 1.98. The van der Waals surface area contributed by atoms with Crippen LogP contribution in [0.25, 0.3) is 0 Å². The van der Waals surface area contributed by atoms with Gasteiger partial charge in [0.25, 0.3) is 0 Å². The van der Waals surface area contributed by atoms with Gasteiger partial charge in [0, 0.05) is 6.42 Å². The molecule has 0 atom stereocenters. The summed E-state index contributed by atoms with van der Waals surface area (Å²) in [5.74, 6) is 7.82. The molecule has 0 heterocycles. The number of hydrogen-bond donors (Lipinski definition) is 1. The summed E-state index contributed by atoms with van der Waals surface area (Å²) in [4.78, 5) is 0. The Hall–Kier alpha value is -1.46. The first-order valence-electron chi connectivity index (χ1n) is 7.69. The molecule has 1 fully saturated rings. The second-order valence-electron chi connectivity index (χ2n) is 5.44. The third kappa shape index (κ3) is 4.28. The van der Waals surface area contributed by atoms with Crippen molar-refractivity contribution in [2.45, 2.75) is 51.6 Å². The number of hydrogen-bond acceptors (Lipinski definition) is 2. The zero-order chi connectivity index (χ0) is 14.2. The van der Waals surface area contributed by atoms with Crippen LogP contribution in [-0.2, 0) is 0 Å². The summed E-state index contributed by atoms with van der Waals surface area (Å²) < 4.78 is 6.14. The molecule has 1 aliphatic rings. The smallest absolute Gasteiger partial charge is 0.135 e. The molecule has 1 N–H and O–H groups in total. The molecule has 0 saturated heterocycles. The summed E-state index contributed by atoms with van der Waals surface area (Å²) in [7, 11) is 0. The Morgan fingerprint density at radius 3 is 2.65 bits per heavy atom. The Morgan fingerprint density at radius 2 is 1.95 bits per heavy atom. The number of ether oxygens (including phenoxy) is 1. The normalized spacial score (nSPS) is 21.9. The van der Waals surface area contributed by atoms with Crippen LogP contribution in [-0.4, -0.2) is 17.8 Å². The summed E-state index contributed by atoms with van der Waals surface area (Å²) in [5, 5.41) is 8.79. The highest BCUT2D eigenvalue weighted by Gasteiger charge is 2.21. The lowest BCUT2D eigenvalue weighted by Gasteiger charge is -2.28. The second kappa shape index (κ2) is 7.97. The molecule has 0 unspecified atom stereocenters. The molecule has 2 heteroatoms. The predicted octanol–water partition coefficient (Wildman–Crippen LogP) is 3.77. The maximum atomic E-state index is 8.79. The first kappa shape index (κ1) is 14.9. The fourth-order valence-electron chi connectivity index (χ4n) is 2.72. The lowest BCUT2D eigenvalue weighted by molar-refractivity contribution is 0.129. The SMILES string of the molecule is CCC1CCC(Oc2ccccc2C#CCCO)CC1. The topological polar surface area (TPSA) is 29.5 Å². The quantitative estimate of drug-likeness (QED) is 0.845. The van der Waals surface area contributed by atoms with Crippen molar-refractivity contribution in [2.24, 2.45) is 5.92 Å². The lowest BCUT2D eigenvalue weighted by atomic mass is 9.86. The second-order valence-corrected chi connectivity index (χ2v) is 5.44. The minimum atomic E-state index is 0.108. The van der Waals surface area contributed by atoms with Crippen LogP contribution in [0, 0.1) is 17.8 Å². The minimum absolute atomic E-state index is 0.108. The molecule has 1 aromatic carbocycles. The highest BCUT2D eigenvalue weighted by Crippen LogP contribution is 2.30. The Bertz CT molecular complexity index is 462. The summed E-state index contributed by atoms with van der Waals surface area (Å²) in [6, 6.07) is 7.94. The van der Waals surface area contributed by atoms with Crippen molar-refractivity contribution in [3.8, 4) is 17.6 Å². The van der Waals surface area contributed by atoms with Gasteiger partial charge in [-0.05, 0) is 43.7 Å². The van der Waals surface area contributed by atoms with Crippen molar-refractivity contribution in [2.75, 3.05) is 6.61 Å². The first-order chi connectivity index (χ1) is 9.83. The van der Waals surface area contributed by atoms with Crippen LogP contribution >= 0.6 is 0 Å². The number of para-hydroxylation sites is 1. The van der Waals surface area contributed by atoms with E-state index in [4.69, 9.17) is 9.84 Å². The van der Waals surface area contributed by atoms with E-state index in [1.807, 2.05) is 24.3 Å². The molecule has 0 radical (unpaired) electrons. The van der Waals surface area contributed by atoms with Gasteiger partial charge in [0.1, 0.15) is 5.75 Å². The van der Waals surface area contributed by atoms with Crippen molar-refractivity contribution < 1.29 is 9.84 Å². The van der Waals surface area contributed by atoms with E-state index < -0.39 is 0 Å². The van der Waals surface area contributed by atoms with E-state index in [1.54, 1.807) is 0 Å². The van der Waals surface area contributed by atoms with Gasteiger partial charge in [-0.3, -0.25) is 0 Å². The fraction of sp³-hybridized carbons (Fsp3) is 0.556. The zero-order valence-corrected chi connectivity index (χ0v) is 12.3. The number of aliphatic hydroxyl groups is 1. The van der Waals surface area contributed by atoms with E-state index in [0.29, 0.717) is 12.5 Å². The van der Waals surface area contributed by atoms with E-state index >= 15 is 0 Å². The number of aliphatic hydroxyl groups excluding tert-OH is 1. The number of benzene rings is 1. The average molecular weight is 272 g/mol. The van der Waals surface area contributed by atoms with Crippen molar-refractivity contribution in [1.29, 1.82) is 0 Å². The molecular weight excluding hydrogens is 248 g/mol. The van der Waals surface area contributed by atoms with Gasteiger partial charge in [-0.1, -0.05) is 37.3 Å². The average Bonchev–Trinajstić information content (AvgIpc) is 2.50. The van der Waals surface area contributed by atoms with Gasteiger partial charge >= 0.3 is 0 Å². The molecule has 1 aliphatic carbocycles. The van der Waals surface area contributed by atoms with Crippen LogP contribution < -0.4 is 4.74 Å². The first-order valence-corrected chi connectivity index (χ1v) is 7.69. The van der Waals surface area contributed by atoms with Gasteiger partial charge in [0.05, 0.1) is 18.3 Å². The minimum Gasteiger partial charge on any atom is -0.489 e. The predicted molar refractivity (Wildman–Crippen MR) is 81.7 cm³/mol. The van der Waals surface area contributed by atoms with Crippen molar-refractivity contribution in [1.82, 2.24) is 0 Å². The zero-order valence-electron chi connectivity index (χ0n) is 12.3. The summed E-state index contributed by atoms with van der Waals surface area (Å²) in [6.07, 6.45) is 6.98. The van der Waals surface area contributed by atoms with Crippen LogP contribution in [0.3, 0.4) is 0 Å². The van der Waals surface area contributed by atoms with Crippen molar-refractivity contribution in [3.05, 3.63) is 29.8 Å². The summed E-state index contributed by atoms with van der Waals surface area (Å²) >= 11 is 0. The van der Waals surface area contributed by atoms with Crippen LogP contribution in [0.4, 0.5) is 0 Å². The third-order valence-electron chi connectivity index (χ3n) is 4.01. The van der Waals surface area contributed by atoms with Gasteiger partial charge in [-0.25, -0.2) is 0 Å². The van der Waals surface area contributed by atoms with Crippen LogP contribution in [0.5, 0.6) is 5.75 Å². The molecule has 0 amide bonds. The monoisotopic (exact) mass is 272 g/mol. The molecule has 2 rings (SSSR count). The van der Waals surface area contributed by atoms with Gasteiger partial charge in [-0.15, -0.1) is 0 Å². The Kier molecular flexibility index (Phi) is 5.95. The van der Waals surface area contributed by atoms with Gasteiger partial charge in [0.2, 0.25) is 0 Å². The highest BCUT2D eigenvalue weighted by atomic mass is 16.5. The summed E-state index contributed by atoms with van der Waals surface area (Å²) in [5.41, 5.74) is 0.929. The third-order valence-corrected chi connectivity index (χ3v) is 4.01. The van der Waals surface area contributed by atoms with Crippen molar-refractivity contribution >= 4 is 0 Å². The molecule has 20 heavy (non-hydrogen) atoms. The molecule has 1 saturated carbocycles. The molecular formula is C18H24O2. The van der Waals surface area contributed by atoms with Crippen LogP contribution in [0.2, 0.25) is 0 Å². The van der Waals surface area contributed by atoms with E-state index in [1.165, 1.54) is 19.3 Å². The molecule has 0 aliphatic heterocycles. The molecule has 1 aromatic rings. The molecule has 0 spiro atoms. The van der Waals surface area contributed by atoms with Crippen molar-refractivity contribution in [3.63, 3.8) is 0 Å². The Morgan fingerprint density at radius 1 is 1.20 bits per heavy atom. The Labute approximate surface area is 122 Å².